The van der Waals surface area contributed by atoms with Crippen LogP contribution in [0.2, 0.25) is 0 Å². The summed E-state index contributed by atoms with van der Waals surface area (Å²) in [5.74, 6) is 0.832. The molecule has 0 bridgehead atoms. The van der Waals surface area contributed by atoms with E-state index in [0.717, 1.165) is 0 Å². The number of nitro benzene ring substituents is 1. The average Bonchev–Trinajstić information content (AvgIpc) is 2.75. The Morgan fingerprint density at radius 2 is 2.24 bits per heavy atom. The van der Waals surface area contributed by atoms with E-state index in [4.69, 9.17) is 14.3 Å². The molecular weight excluding hydrogens is 228 g/mol. The van der Waals surface area contributed by atoms with E-state index < -0.39 is 4.92 Å². The van der Waals surface area contributed by atoms with Gasteiger partial charge in [-0.05, 0) is 13.0 Å². The van der Waals surface area contributed by atoms with Gasteiger partial charge in [-0.1, -0.05) is 5.16 Å². The van der Waals surface area contributed by atoms with Crippen molar-refractivity contribution < 1.29 is 19.2 Å². The number of hydrogen-bond acceptors (Lipinski definition) is 6. The molecule has 7 nitrogen and oxygen atoms in total. The maximum Gasteiger partial charge on any atom is 0.282 e. The van der Waals surface area contributed by atoms with Gasteiger partial charge >= 0.3 is 0 Å². The van der Waals surface area contributed by atoms with E-state index in [9.17, 15) is 10.1 Å². The fourth-order valence-electron chi connectivity index (χ4n) is 1.38. The molecule has 1 aliphatic heterocycles. The van der Waals surface area contributed by atoms with E-state index in [0.29, 0.717) is 23.7 Å². The van der Waals surface area contributed by atoms with Gasteiger partial charge < -0.3 is 14.3 Å². The normalized spacial score (nSPS) is 13.0. The smallest absolute Gasteiger partial charge is 0.282 e. The van der Waals surface area contributed by atoms with Gasteiger partial charge in [0.05, 0.1) is 22.8 Å². The van der Waals surface area contributed by atoms with Crippen LogP contribution >= 0.6 is 0 Å². The molecule has 0 saturated heterocycles. The van der Waals surface area contributed by atoms with Gasteiger partial charge in [-0.3, -0.25) is 10.1 Å². The molecule has 0 fully saturated rings. The summed E-state index contributed by atoms with van der Waals surface area (Å²) in [4.78, 5) is 15.1. The summed E-state index contributed by atoms with van der Waals surface area (Å²) in [6.45, 7) is 2.23. The third-order valence-electron chi connectivity index (χ3n) is 2.11. The monoisotopic (exact) mass is 238 g/mol. The van der Waals surface area contributed by atoms with Gasteiger partial charge in [-0.25, -0.2) is 0 Å². The van der Waals surface area contributed by atoms with Gasteiger partial charge in [0.15, 0.2) is 11.5 Å². The molecule has 1 aromatic rings. The number of ether oxygens (including phenoxy) is 2. The number of fused-ring (bicyclic) bond motifs is 1. The highest BCUT2D eigenvalue weighted by atomic mass is 16.7. The highest BCUT2D eigenvalue weighted by Crippen LogP contribution is 2.37. The van der Waals surface area contributed by atoms with Crippen molar-refractivity contribution >= 4 is 11.9 Å². The Kier molecular flexibility index (Phi) is 3.08. The molecule has 0 radical (unpaired) electrons. The topological polar surface area (TPSA) is 83.2 Å². The van der Waals surface area contributed by atoms with Crippen LogP contribution in [0, 0.1) is 10.1 Å². The maximum atomic E-state index is 10.9. The zero-order chi connectivity index (χ0) is 12.3. The van der Waals surface area contributed by atoms with Crippen molar-refractivity contribution in [2.24, 2.45) is 5.16 Å². The van der Waals surface area contributed by atoms with Crippen molar-refractivity contribution in [3.8, 4) is 11.5 Å². The molecule has 0 unspecified atom stereocenters. The predicted molar refractivity (Wildman–Crippen MR) is 58.4 cm³/mol. The van der Waals surface area contributed by atoms with E-state index in [-0.39, 0.29) is 12.5 Å². The third kappa shape index (κ3) is 2.27. The Balaban J connectivity index is 2.38. The molecule has 1 aromatic carbocycles. The first-order valence-electron chi connectivity index (χ1n) is 4.95. The second kappa shape index (κ2) is 4.69. The molecular formula is C10H10N2O5. The summed E-state index contributed by atoms with van der Waals surface area (Å²) in [5, 5.41) is 14.5. The van der Waals surface area contributed by atoms with Gasteiger partial charge in [-0.2, -0.15) is 0 Å². The van der Waals surface area contributed by atoms with Crippen LogP contribution in [0.25, 0.3) is 0 Å². The van der Waals surface area contributed by atoms with E-state index in [1.165, 1.54) is 18.3 Å². The molecule has 7 heteroatoms. The lowest BCUT2D eigenvalue weighted by Gasteiger charge is -2.00. The number of nitro groups is 1. The molecule has 2 rings (SSSR count). The highest BCUT2D eigenvalue weighted by Gasteiger charge is 2.22. The molecule has 90 valence electrons. The highest BCUT2D eigenvalue weighted by molar-refractivity contribution is 5.86. The minimum absolute atomic E-state index is 0.0680. The van der Waals surface area contributed by atoms with Crippen molar-refractivity contribution in [3.05, 3.63) is 27.8 Å². The average molecular weight is 238 g/mol. The molecule has 1 heterocycles. The lowest BCUT2D eigenvalue weighted by molar-refractivity contribution is -0.385. The van der Waals surface area contributed by atoms with Gasteiger partial charge in [-0.15, -0.1) is 0 Å². The predicted octanol–water partition coefficient (Wildman–Crippen LogP) is 1.69. The standard InChI is InChI=1S/C10H10N2O5/c1-2-17-11-5-7-3-9-10(16-6-15-9)4-8(7)12(13)14/h3-5H,2,6H2,1H3/b11-5+. The van der Waals surface area contributed by atoms with Crippen molar-refractivity contribution in [2.75, 3.05) is 13.4 Å². The largest absolute Gasteiger partial charge is 0.454 e. The minimum Gasteiger partial charge on any atom is -0.454 e. The van der Waals surface area contributed by atoms with Crippen LogP contribution < -0.4 is 9.47 Å². The Hall–Kier alpha value is -2.31. The Bertz CT molecular complexity index is 472. The van der Waals surface area contributed by atoms with Crippen molar-refractivity contribution in [1.29, 1.82) is 0 Å². The first kappa shape index (κ1) is 11.2. The fraction of sp³-hybridized carbons (Fsp3) is 0.300. The summed E-state index contributed by atoms with van der Waals surface area (Å²) >= 11 is 0. The quantitative estimate of drug-likeness (QED) is 0.452. The third-order valence-corrected chi connectivity index (χ3v) is 2.11. The van der Waals surface area contributed by atoms with Crippen LogP contribution in [0.5, 0.6) is 11.5 Å². The van der Waals surface area contributed by atoms with Crippen molar-refractivity contribution in [2.45, 2.75) is 6.92 Å². The Labute approximate surface area is 96.7 Å². The van der Waals surface area contributed by atoms with Crippen LogP contribution in [-0.2, 0) is 4.84 Å². The van der Waals surface area contributed by atoms with Gasteiger partial charge in [0.25, 0.3) is 5.69 Å². The molecule has 0 aliphatic carbocycles. The molecule has 0 spiro atoms. The molecule has 0 amide bonds. The molecule has 1 aliphatic rings. The molecule has 17 heavy (non-hydrogen) atoms. The van der Waals surface area contributed by atoms with Crippen LogP contribution in [0.1, 0.15) is 12.5 Å². The Morgan fingerprint density at radius 1 is 1.53 bits per heavy atom. The fourth-order valence-corrected chi connectivity index (χ4v) is 1.38. The van der Waals surface area contributed by atoms with Crippen molar-refractivity contribution in [3.63, 3.8) is 0 Å². The molecule has 0 saturated carbocycles. The van der Waals surface area contributed by atoms with Gasteiger partial charge in [0, 0.05) is 0 Å². The number of rotatable bonds is 4. The van der Waals surface area contributed by atoms with Crippen LogP contribution in [0.15, 0.2) is 17.3 Å². The second-order valence-corrected chi connectivity index (χ2v) is 3.17. The van der Waals surface area contributed by atoms with Crippen molar-refractivity contribution in [1.82, 2.24) is 0 Å². The van der Waals surface area contributed by atoms with Crippen LogP contribution in [-0.4, -0.2) is 24.5 Å². The minimum atomic E-state index is -0.505. The SMILES string of the molecule is CCO/N=C/c1cc2c(cc1[N+](=O)[O-])OCO2. The van der Waals surface area contributed by atoms with E-state index in [1.54, 1.807) is 6.92 Å². The zero-order valence-electron chi connectivity index (χ0n) is 9.08. The summed E-state index contributed by atoms with van der Waals surface area (Å²) in [5.41, 5.74) is 0.213. The second-order valence-electron chi connectivity index (χ2n) is 3.17. The van der Waals surface area contributed by atoms with E-state index in [1.807, 2.05) is 0 Å². The number of benzene rings is 1. The Morgan fingerprint density at radius 3 is 2.88 bits per heavy atom. The summed E-state index contributed by atoms with van der Waals surface area (Å²) < 4.78 is 10.2. The van der Waals surface area contributed by atoms with E-state index >= 15 is 0 Å². The van der Waals surface area contributed by atoms with Gasteiger partial charge in [0.1, 0.15) is 6.61 Å². The lowest BCUT2D eigenvalue weighted by Crippen LogP contribution is -1.95. The number of nitrogens with zero attached hydrogens (tertiary/aromatic N) is 2. The van der Waals surface area contributed by atoms with Gasteiger partial charge in [0.2, 0.25) is 6.79 Å². The summed E-state index contributed by atoms with van der Waals surface area (Å²) in [7, 11) is 0. The summed E-state index contributed by atoms with van der Waals surface area (Å²) in [6, 6.07) is 2.82. The number of oxime groups is 1. The van der Waals surface area contributed by atoms with Crippen LogP contribution in [0.4, 0.5) is 5.69 Å². The first-order chi connectivity index (χ1) is 8.22. The van der Waals surface area contributed by atoms with E-state index in [2.05, 4.69) is 5.16 Å². The number of hydrogen-bond donors (Lipinski definition) is 0. The zero-order valence-corrected chi connectivity index (χ0v) is 9.08. The maximum absolute atomic E-state index is 10.9. The molecule has 0 aromatic heterocycles. The van der Waals surface area contributed by atoms with Crippen LogP contribution in [0.3, 0.4) is 0 Å². The summed E-state index contributed by atoms with van der Waals surface area (Å²) in [6.07, 6.45) is 1.28. The first-order valence-corrected chi connectivity index (χ1v) is 4.95. The lowest BCUT2D eigenvalue weighted by atomic mass is 10.1. The molecule has 0 N–H and O–H groups in total. The molecule has 0 atom stereocenters.